The summed E-state index contributed by atoms with van der Waals surface area (Å²) in [4.78, 5) is 13.0. The molecule has 32 heavy (non-hydrogen) atoms. The van der Waals surface area contributed by atoms with Crippen LogP contribution in [0.25, 0.3) is 33.9 Å². The molecule has 0 bridgehead atoms. The molecular weight excluding hydrogens is 396 g/mol. The Morgan fingerprint density at radius 1 is 1.00 bits per heavy atom. The number of benzene rings is 3. The molecule has 0 atom stereocenters. The van der Waals surface area contributed by atoms with Gasteiger partial charge in [-0.1, -0.05) is 86.6 Å². The molecule has 0 spiro atoms. The SMILES string of the molecule is CC(C)CNC(=O)c1c(-c2ccc(/C(C#N)=C/c3ccccc3)cc2)oc2ccccc12. The van der Waals surface area contributed by atoms with Crippen molar-refractivity contribution in [3.63, 3.8) is 0 Å². The molecule has 0 saturated heterocycles. The van der Waals surface area contributed by atoms with Crippen molar-refractivity contribution in [2.75, 3.05) is 6.54 Å². The summed E-state index contributed by atoms with van der Waals surface area (Å²) in [6.07, 6.45) is 1.86. The van der Waals surface area contributed by atoms with E-state index in [0.717, 1.165) is 22.1 Å². The van der Waals surface area contributed by atoms with Gasteiger partial charge in [-0.3, -0.25) is 4.79 Å². The van der Waals surface area contributed by atoms with Gasteiger partial charge >= 0.3 is 0 Å². The quantitative estimate of drug-likeness (QED) is 0.284. The molecule has 3 aromatic carbocycles. The molecule has 0 aliphatic heterocycles. The molecule has 158 valence electrons. The summed E-state index contributed by atoms with van der Waals surface area (Å²) < 4.78 is 6.10. The van der Waals surface area contributed by atoms with Crippen molar-refractivity contribution in [2.45, 2.75) is 13.8 Å². The Kier molecular flexibility index (Phi) is 6.19. The predicted octanol–water partition coefficient (Wildman–Crippen LogP) is 6.55. The largest absolute Gasteiger partial charge is 0.455 e. The van der Waals surface area contributed by atoms with Crippen molar-refractivity contribution in [2.24, 2.45) is 5.92 Å². The van der Waals surface area contributed by atoms with Crippen LogP contribution in [-0.2, 0) is 0 Å². The lowest BCUT2D eigenvalue weighted by Crippen LogP contribution is -2.27. The first-order valence-corrected chi connectivity index (χ1v) is 10.6. The van der Waals surface area contributed by atoms with Gasteiger partial charge in [0.25, 0.3) is 5.91 Å². The average molecular weight is 421 g/mol. The lowest BCUT2D eigenvalue weighted by molar-refractivity contribution is 0.0950. The van der Waals surface area contributed by atoms with E-state index in [2.05, 4.69) is 25.2 Å². The lowest BCUT2D eigenvalue weighted by Gasteiger charge is -2.09. The van der Waals surface area contributed by atoms with Gasteiger partial charge in [-0.15, -0.1) is 0 Å². The Labute approximate surface area is 187 Å². The monoisotopic (exact) mass is 420 g/mol. The fraction of sp³-hybridized carbons (Fsp3) is 0.143. The minimum atomic E-state index is -0.149. The summed E-state index contributed by atoms with van der Waals surface area (Å²) >= 11 is 0. The van der Waals surface area contributed by atoms with E-state index in [1.807, 2.05) is 84.9 Å². The summed E-state index contributed by atoms with van der Waals surface area (Å²) in [6.45, 7) is 4.71. The predicted molar refractivity (Wildman–Crippen MR) is 129 cm³/mol. The van der Waals surface area contributed by atoms with Crippen LogP contribution in [0.4, 0.5) is 0 Å². The molecule has 1 amide bonds. The third-order valence-corrected chi connectivity index (χ3v) is 5.18. The minimum Gasteiger partial charge on any atom is -0.455 e. The zero-order valence-corrected chi connectivity index (χ0v) is 18.1. The number of furan rings is 1. The average Bonchev–Trinajstić information content (AvgIpc) is 3.21. The Hall–Kier alpha value is -4.10. The second-order valence-electron chi connectivity index (χ2n) is 8.06. The maximum atomic E-state index is 13.0. The zero-order valence-electron chi connectivity index (χ0n) is 18.1. The summed E-state index contributed by atoms with van der Waals surface area (Å²) in [7, 11) is 0. The number of hydrogen-bond acceptors (Lipinski definition) is 3. The van der Waals surface area contributed by atoms with Gasteiger partial charge in [0.05, 0.1) is 17.2 Å². The summed E-state index contributed by atoms with van der Waals surface area (Å²) in [5, 5.41) is 13.4. The minimum absolute atomic E-state index is 0.149. The number of para-hydroxylation sites is 1. The molecule has 0 unspecified atom stereocenters. The van der Waals surface area contributed by atoms with Crippen LogP contribution < -0.4 is 5.32 Å². The molecule has 1 N–H and O–H groups in total. The van der Waals surface area contributed by atoms with Gasteiger partial charge in [0.2, 0.25) is 0 Å². The molecule has 4 aromatic rings. The highest BCUT2D eigenvalue weighted by Crippen LogP contribution is 2.34. The fourth-order valence-electron chi connectivity index (χ4n) is 3.56. The summed E-state index contributed by atoms with van der Waals surface area (Å²) in [5.74, 6) is 0.731. The first-order valence-electron chi connectivity index (χ1n) is 10.6. The van der Waals surface area contributed by atoms with Crippen LogP contribution in [0.15, 0.2) is 83.3 Å². The lowest BCUT2D eigenvalue weighted by atomic mass is 9.99. The molecule has 1 aromatic heterocycles. The topological polar surface area (TPSA) is 66.0 Å². The number of rotatable bonds is 6. The maximum absolute atomic E-state index is 13.0. The van der Waals surface area contributed by atoms with Crippen molar-refractivity contribution < 1.29 is 9.21 Å². The molecule has 4 rings (SSSR count). The van der Waals surface area contributed by atoms with Crippen molar-refractivity contribution in [3.05, 3.63) is 95.6 Å². The zero-order chi connectivity index (χ0) is 22.5. The highest BCUT2D eigenvalue weighted by molar-refractivity contribution is 6.11. The molecule has 4 heteroatoms. The van der Waals surface area contributed by atoms with E-state index in [1.165, 1.54) is 0 Å². The highest BCUT2D eigenvalue weighted by Gasteiger charge is 2.22. The third kappa shape index (κ3) is 4.48. The third-order valence-electron chi connectivity index (χ3n) is 5.18. The normalized spacial score (nSPS) is 11.5. The van der Waals surface area contributed by atoms with E-state index in [4.69, 9.17) is 4.42 Å². The maximum Gasteiger partial charge on any atom is 0.255 e. The molecule has 0 radical (unpaired) electrons. The Morgan fingerprint density at radius 2 is 1.69 bits per heavy atom. The van der Waals surface area contributed by atoms with Gasteiger partial charge in [-0.2, -0.15) is 5.26 Å². The molecule has 0 aliphatic rings. The number of allylic oxidation sites excluding steroid dienone is 1. The Balaban J connectivity index is 1.72. The van der Waals surface area contributed by atoms with E-state index in [0.29, 0.717) is 34.9 Å². The van der Waals surface area contributed by atoms with Crippen LogP contribution in [0.3, 0.4) is 0 Å². The van der Waals surface area contributed by atoms with Crippen LogP contribution in [0, 0.1) is 17.2 Å². The number of hydrogen-bond donors (Lipinski definition) is 1. The number of nitrogens with one attached hydrogen (secondary N) is 1. The van der Waals surface area contributed by atoms with Crippen LogP contribution in [0.2, 0.25) is 0 Å². The molecule has 0 aliphatic carbocycles. The Bertz CT molecular complexity index is 1310. The summed E-state index contributed by atoms with van der Waals surface area (Å²) in [5.41, 5.74) is 4.34. The number of fused-ring (bicyclic) bond motifs is 1. The fourth-order valence-corrected chi connectivity index (χ4v) is 3.56. The van der Waals surface area contributed by atoms with E-state index in [9.17, 15) is 10.1 Å². The van der Waals surface area contributed by atoms with Crippen LogP contribution >= 0.6 is 0 Å². The molecule has 1 heterocycles. The van der Waals surface area contributed by atoms with Crippen molar-refractivity contribution in [1.82, 2.24) is 5.32 Å². The van der Waals surface area contributed by atoms with Gasteiger partial charge < -0.3 is 9.73 Å². The molecule has 0 fully saturated rings. The van der Waals surface area contributed by atoms with Gasteiger partial charge in [0, 0.05) is 17.5 Å². The number of carbonyl (C=O) groups excluding carboxylic acids is 1. The van der Waals surface area contributed by atoms with Gasteiger partial charge in [0.1, 0.15) is 11.3 Å². The molecule has 0 saturated carbocycles. The van der Waals surface area contributed by atoms with Gasteiger partial charge in [-0.25, -0.2) is 0 Å². The molecule has 4 nitrogen and oxygen atoms in total. The first kappa shape index (κ1) is 21.1. The van der Waals surface area contributed by atoms with Crippen molar-refractivity contribution in [3.8, 4) is 17.4 Å². The van der Waals surface area contributed by atoms with Crippen molar-refractivity contribution in [1.29, 1.82) is 5.26 Å². The van der Waals surface area contributed by atoms with E-state index in [-0.39, 0.29) is 5.91 Å². The number of carbonyl (C=O) groups is 1. The van der Waals surface area contributed by atoms with Crippen LogP contribution in [0.5, 0.6) is 0 Å². The smallest absolute Gasteiger partial charge is 0.255 e. The second kappa shape index (κ2) is 9.36. The van der Waals surface area contributed by atoms with E-state index < -0.39 is 0 Å². The number of amides is 1. The number of nitriles is 1. The van der Waals surface area contributed by atoms with Crippen LogP contribution in [-0.4, -0.2) is 12.5 Å². The van der Waals surface area contributed by atoms with Crippen molar-refractivity contribution >= 4 is 28.5 Å². The Morgan fingerprint density at radius 3 is 2.38 bits per heavy atom. The second-order valence-corrected chi connectivity index (χ2v) is 8.06. The number of nitrogens with zero attached hydrogens (tertiary/aromatic N) is 1. The standard InChI is InChI=1S/C28H24N2O2/c1-19(2)18-30-28(31)26-24-10-6-7-11-25(24)32-27(26)22-14-12-21(13-15-22)23(17-29)16-20-8-4-3-5-9-20/h3-16,19H,18H2,1-2H3,(H,30,31)/b23-16+. The van der Waals surface area contributed by atoms with Gasteiger partial charge in [-0.05, 0) is 29.2 Å². The highest BCUT2D eigenvalue weighted by atomic mass is 16.3. The van der Waals surface area contributed by atoms with E-state index in [1.54, 1.807) is 0 Å². The van der Waals surface area contributed by atoms with Crippen LogP contribution in [0.1, 0.15) is 35.3 Å². The first-order chi connectivity index (χ1) is 15.6. The molecular formula is C28H24N2O2. The van der Waals surface area contributed by atoms with E-state index >= 15 is 0 Å². The summed E-state index contributed by atoms with van der Waals surface area (Å²) in [6, 6.07) is 27.1. The van der Waals surface area contributed by atoms with Gasteiger partial charge in [0.15, 0.2) is 0 Å².